The Morgan fingerprint density at radius 1 is 1.03 bits per heavy atom. The number of carbonyl (C=O) groups is 1. The van der Waals surface area contributed by atoms with Gasteiger partial charge in [-0.1, -0.05) is 42.5 Å². The van der Waals surface area contributed by atoms with Crippen LogP contribution in [0.1, 0.15) is 21.5 Å². The summed E-state index contributed by atoms with van der Waals surface area (Å²) in [6, 6.07) is 16.2. The summed E-state index contributed by atoms with van der Waals surface area (Å²) in [5.41, 5.74) is 5.17. The average Bonchev–Trinajstić information content (AvgIpc) is 3.20. The van der Waals surface area contributed by atoms with Crippen molar-refractivity contribution in [2.75, 3.05) is 10.7 Å². The third-order valence-corrected chi connectivity index (χ3v) is 3.93. The lowest BCUT2D eigenvalue weighted by atomic mass is 10.1. The molecule has 2 heterocycles. The molecule has 0 aliphatic heterocycles. The van der Waals surface area contributed by atoms with Gasteiger partial charge in [-0.15, -0.1) is 0 Å². The van der Waals surface area contributed by atoms with Crippen LogP contribution in [0.4, 0.5) is 11.6 Å². The van der Waals surface area contributed by atoms with Crippen molar-refractivity contribution in [3.8, 4) is 0 Å². The van der Waals surface area contributed by atoms with E-state index in [1.165, 1.54) is 18.3 Å². The number of hydrazone groups is 1. The van der Waals surface area contributed by atoms with Crippen LogP contribution in [0.15, 0.2) is 64.3 Å². The Bertz CT molecular complexity index is 1170. The largest absolute Gasteiger partial charge is 0.478 e. The summed E-state index contributed by atoms with van der Waals surface area (Å²) in [6.45, 7) is 0.519. The highest BCUT2D eigenvalue weighted by Gasteiger charge is 2.12. The highest BCUT2D eigenvalue weighted by atomic mass is 16.6. The number of fused-ring (bicyclic) bond motifs is 1. The van der Waals surface area contributed by atoms with Crippen LogP contribution < -0.4 is 10.7 Å². The molecule has 0 aliphatic carbocycles. The van der Waals surface area contributed by atoms with E-state index in [1.54, 1.807) is 12.1 Å². The third kappa shape index (κ3) is 4.33. The lowest BCUT2D eigenvalue weighted by Gasteiger charge is -2.09. The number of nitrogens with one attached hydrogen (secondary N) is 2. The maximum absolute atomic E-state index is 11.1. The molecule has 0 unspecified atom stereocenters. The highest BCUT2D eigenvalue weighted by Crippen LogP contribution is 2.20. The molecule has 10 nitrogen and oxygen atoms in total. The number of anilines is 2. The van der Waals surface area contributed by atoms with Crippen LogP contribution in [-0.2, 0) is 6.54 Å². The lowest BCUT2D eigenvalue weighted by Crippen LogP contribution is -2.07. The van der Waals surface area contributed by atoms with E-state index >= 15 is 0 Å². The Hall–Kier alpha value is -4.34. The molecule has 0 atom stereocenters. The van der Waals surface area contributed by atoms with E-state index in [4.69, 9.17) is 5.11 Å². The van der Waals surface area contributed by atoms with Gasteiger partial charge < -0.3 is 10.4 Å². The van der Waals surface area contributed by atoms with Gasteiger partial charge in [0, 0.05) is 6.54 Å². The molecular formula is C19H15N7O3. The molecule has 0 fully saturated rings. The first-order valence-electron chi connectivity index (χ1n) is 8.59. The second-order valence-corrected chi connectivity index (χ2v) is 5.97. The summed E-state index contributed by atoms with van der Waals surface area (Å²) < 4.78 is 4.67. The molecule has 10 heteroatoms. The number of carboxylic acid groups (broad SMARTS) is 1. The van der Waals surface area contributed by atoms with Gasteiger partial charge in [0.25, 0.3) is 0 Å². The van der Waals surface area contributed by atoms with E-state index < -0.39 is 5.97 Å². The smallest absolute Gasteiger partial charge is 0.335 e. The Labute approximate surface area is 164 Å². The standard InChI is InChI=1S/C19H15N7O3/c27-19(28)14-8-4-7-13(9-14)11-21-24-16-15(20-10-12-5-2-1-3-6-12)22-17-18(23-16)26-29-25-17/h1-9,11H,10H2,(H,27,28)(H,20,22,25)(H,23,24,26). The van der Waals surface area contributed by atoms with Crippen LogP contribution in [0.3, 0.4) is 0 Å². The molecule has 0 bridgehead atoms. The predicted molar refractivity (Wildman–Crippen MR) is 106 cm³/mol. The fraction of sp³-hybridized carbons (Fsp3) is 0.0526. The molecule has 29 heavy (non-hydrogen) atoms. The van der Waals surface area contributed by atoms with Gasteiger partial charge >= 0.3 is 5.97 Å². The predicted octanol–water partition coefficient (Wildman–Crippen LogP) is 2.77. The Kier molecular flexibility index (Phi) is 5.06. The summed E-state index contributed by atoms with van der Waals surface area (Å²) in [5.74, 6) is -0.251. The van der Waals surface area contributed by atoms with Crippen LogP contribution in [0.5, 0.6) is 0 Å². The summed E-state index contributed by atoms with van der Waals surface area (Å²) in [6.07, 6.45) is 1.49. The van der Waals surface area contributed by atoms with E-state index in [0.717, 1.165) is 5.56 Å². The molecular weight excluding hydrogens is 374 g/mol. The normalized spacial score (nSPS) is 11.0. The topological polar surface area (TPSA) is 138 Å². The monoisotopic (exact) mass is 389 g/mol. The minimum absolute atomic E-state index is 0.175. The summed E-state index contributed by atoms with van der Waals surface area (Å²) in [7, 11) is 0. The van der Waals surface area contributed by atoms with Gasteiger partial charge in [-0.05, 0) is 33.6 Å². The van der Waals surface area contributed by atoms with E-state index in [-0.39, 0.29) is 16.9 Å². The van der Waals surface area contributed by atoms with Crippen molar-refractivity contribution >= 4 is 35.1 Å². The molecule has 2 aromatic heterocycles. The number of aromatic carboxylic acids is 1. The van der Waals surface area contributed by atoms with Crippen molar-refractivity contribution in [2.45, 2.75) is 6.54 Å². The number of nitrogens with zero attached hydrogens (tertiary/aromatic N) is 5. The Morgan fingerprint density at radius 2 is 1.79 bits per heavy atom. The number of benzene rings is 2. The van der Waals surface area contributed by atoms with Gasteiger partial charge in [-0.2, -0.15) is 10.1 Å². The summed E-state index contributed by atoms with van der Waals surface area (Å²) >= 11 is 0. The fourth-order valence-corrected chi connectivity index (χ4v) is 2.54. The van der Waals surface area contributed by atoms with Gasteiger partial charge in [0.1, 0.15) is 0 Å². The number of carboxylic acids is 1. The molecule has 144 valence electrons. The van der Waals surface area contributed by atoms with Crippen molar-refractivity contribution in [3.63, 3.8) is 0 Å². The molecule has 4 rings (SSSR count). The first-order valence-corrected chi connectivity index (χ1v) is 8.59. The van der Waals surface area contributed by atoms with Gasteiger partial charge in [0.05, 0.1) is 11.8 Å². The maximum atomic E-state index is 11.1. The number of hydrogen-bond acceptors (Lipinski definition) is 9. The molecule has 0 aliphatic rings. The van der Waals surface area contributed by atoms with Gasteiger partial charge in [-0.3, -0.25) is 5.43 Å². The SMILES string of the molecule is O=C(O)c1cccc(C=NNc2nc3nonc3nc2NCc2ccccc2)c1. The molecule has 0 saturated carbocycles. The van der Waals surface area contributed by atoms with Crippen molar-refractivity contribution in [3.05, 3.63) is 71.3 Å². The van der Waals surface area contributed by atoms with Crippen molar-refractivity contribution in [2.24, 2.45) is 5.10 Å². The second kappa shape index (κ2) is 8.13. The Morgan fingerprint density at radius 3 is 2.55 bits per heavy atom. The number of rotatable bonds is 7. The lowest BCUT2D eigenvalue weighted by molar-refractivity contribution is 0.0697. The third-order valence-electron chi connectivity index (χ3n) is 3.93. The molecule has 0 spiro atoms. The minimum atomic E-state index is -1.00. The quantitative estimate of drug-likeness (QED) is 0.321. The molecule has 0 amide bonds. The first-order chi connectivity index (χ1) is 14.2. The van der Waals surface area contributed by atoms with Crippen LogP contribution in [0.25, 0.3) is 11.3 Å². The zero-order valence-electron chi connectivity index (χ0n) is 15.0. The van der Waals surface area contributed by atoms with E-state index in [2.05, 4.69) is 40.8 Å². The van der Waals surface area contributed by atoms with Gasteiger partial charge in [0.2, 0.25) is 11.3 Å². The highest BCUT2D eigenvalue weighted by molar-refractivity contribution is 5.91. The summed E-state index contributed by atoms with van der Waals surface area (Å²) in [5, 5.41) is 23.8. The molecule has 3 N–H and O–H groups in total. The minimum Gasteiger partial charge on any atom is -0.478 e. The van der Waals surface area contributed by atoms with Crippen molar-refractivity contribution in [1.29, 1.82) is 0 Å². The first kappa shape index (κ1) is 18.0. The van der Waals surface area contributed by atoms with Gasteiger partial charge in [-0.25, -0.2) is 14.4 Å². The Balaban J connectivity index is 1.55. The van der Waals surface area contributed by atoms with Crippen molar-refractivity contribution < 1.29 is 14.5 Å². The number of aromatic nitrogens is 4. The fourth-order valence-electron chi connectivity index (χ4n) is 2.54. The second-order valence-electron chi connectivity index (χ2n) is 5.97. The van der Waals surface area contributed by atoms with E-state index in [1.807, 2.05) is 30.3 Å². The van der Waals surface area contributed by atoms with Crippen LogP contribution >= 0.6 is 0 Å². The summed E-state index contributed by atoms with van der Waals surface area (Å²) in [4.78, 5) is 19.7. The molecule has 0 radical (unpaired) electrons. The van der Waals surface area contributed by atoms with E-state index in [9.17, 15) is 4.79 Å². The maximum Gasteiger partial charge on any atom is 0.335 e. The molecule has 2 aromatic carbocycles. The van der Waals surface area contributed by atoms with Crippen LogP contribution in [-0.4, -0.2) is 37.6 Å². The number of hydrogen-bond donors (Lipinski definition) is 3. The zero-order valence-corrected chi connectivity index (χ0v) is 15.0. The van der Waals surface area contributed by atoms with Crippen molar-refractivity contribution in [1.82, 2.24) is 20.3 Å². The molecule has 4 aromatic rings. The van der Waals surface area contributed by atoms with Crippen LogP contribution in [0.2, 0.25) is 0 Å². The van der Waals surface area contributed by atoms with Crippen LogP contribution in [0, 0.1) is 0 Å². The molecule has 0 saturated heterocycles. The van der Waals surface area contributed by atoms with Gasteiger partial charge in [0.15, 0.2) is 11.6 Å². The average molecular weight is 389 g/mol. The zero-order chi connectivity index (χ0) is 20.1. The van der Waals surface area contributed by atoms with E-state index in [0.29, 0.717) is 23.7 Å².